The molecule has 0 radical (unpaired) electrons. The van der Waals surface area contributed by atoms with Gasteiger partial charge in [0.05, 0.1) is 11.3 Å². The van der Waals surface area contributed by atoms with Gasteiger partial charge in [-0.3, -0.25) is 14.2 Å². The molecular formula is C16H16ClN3O5. The second-order valence-electron chi connectivity index (χ2n) is 5.57. The van der Waals surface area contributed by atoms with Crippen LogP contribution in [0.3, 0.4) is 0 Å². The summed E-state index contributed by atoms with van der Waals surface area (Å²) in [5.41, 5.74) is -0.346. The molecule has 2 aromatic rings. The summed E-state index contributed by atoms with van der Waals surface area (Å²) in [6.45, 7) is 2.95. The third kappa shape index (κ3) is 4.16. The first-order chi connectivity index (χ1) is 11.7. The maximum Gasteiger partial charge on any atom is 0.335 e. The summed E-state index contributed by atoms with van der Waals surface area (Å²) in [5.74, 6) is -2.47. The Labute approximate surface area is 147 Å². The van der Waals surface area contributed by atoms with E-state index in [0.29, 0.717) is 0 Å². The Bertz CT molecular complexity index is 892. The van der Waals surface area contributed by atoms with Crippen molar-refractivity contribution < 1.29 is 19.8 Å². The Morgan fingerprint density at radius 3 is 2.56 bits per heavy atom. The van der Waals surface area contributed by atoms with Crippen LogP contribution in [0.4, 0.5) is 5.82 Å². The van der Waals surface area contributed by atoms with Crippen LogP contribution in [0, 0.1) is 0 Å². The van der Waals surface area contributed by atoms with Crippen LogP contribution in [0.25, 0.3) is 11.3 Å². The van der Waals surface area contributed by atoms with Gasteiger partial charge in [0.1, 0.15) is 6.54 Å². The number of anilines is 1. The van der Waals surface area contributed by atoms with Gasteiger partial charge in [-0.25, -0.2) is 9.78 Å². The average Bonchev–Trinajstić information content (AvgIpc) is 2.51. The molecule has 0 amide bonds. The van der Waals surface area contributed by atoms with Gasteiger partial charge in [0.15, 0.2) is 11.0 Å². The number of aliphatic carboxylic acids is 1. The molecule has 0 spiro atoms. The fraction of sp³-hybridized carbons (Fsp3) is 0.250. The van der Waals surface area contributed by atoms with Crippen LogP contribution in [0.1, 0.15) is 24.2 Å². The number of rotatable bonds is 6. The smallest absolute Gasteiger partial charge is 0.335 e. The molecule has 0 fully saturated rings. The van der Waals surface area contributed by atoms with Gasteiger partial charge in [-0.1, -0.05) is 23.7 Å². The number of carboxylic acids is 2. The number of aromatic nitrogens is 2. The zero-order valence-corrected chi connectivity index (χ0v) is 14.2. The Morgan fingerprint density at radius 1 is 1.32 bits per heavy atom. The number of carbonyl (C=O) groups is 2. The highest BCUT2D eigenvalue weighted by Gasteiger charge is 2.20. The number of benzene rings is 1. The van der Waals surface area contributed by atoms with Crippen LogP contribution in [-0.2, 0) is 11.3 Å². The number of carboxylic acid groups (broad SMARTS) is 2. The summed E-state index contributed by atoms with van der Waals surface area (Å²) in [6.07, 6.45) is 0. The fourth-order valence-corrected chi connectivity index (χ4v) is 2.56. The van der Waals surface area contributed by atoms with Crippen LogP contribution in [0.5, 0.6) is 0 Å². The van der Waals surface area contributed by atoms with Crippen molar-refractivity contribution in [3.05, 3.63) is 45.3 Å². The van der Waals surface area contributed by atoms with E-state index in [4.69, 9.17) is 21.8 Å². The van der Waals surface area contributed by atoms with Crippen LogP contribution < -0.4 is 10.9 Å². The van der Waals surface area contributed by atoms with Gasteiger partial charge in [-0.2, -0.15) is 0 Å². The minimum Gasteiger partial charge on any atom is -0.480 e. The van der Waals surface area contributed by atoms with Gasteiger partial charge in [0, 0.05) is 11.6 Å². The van der Waals surface area contributed by atoms with Crippen LogP contribution in [0.2, 0.25) is 5.15 Å². The third-order valence-electron chi connectivity index (χ3n) is 3.22. The largest absolute Gasteiger partial charge is 0.480 e. The summed E-state index contributed by atoms with van der Waals surface area (Å²) in [7, 11) is 0. The van der Waals surface area contributed by atoms with Crippen LogP contribution in [-0.4, -0.2) is 37.7 Å². The Kier molecular flexibility index (Phi) is 5.43. The van der Waals surface area contributed by atoms with E-state index in [0.717, 1.165) is 4.57 Å². The summed E-state index contributed by atoms with van der Waals surface area (Å²) in [6, 6.07) is 5.57. The van der Waals surface area contributed by atoms with Crippen LogP contribution >= 0.6 is 11.6 Å². The summed E-state index contributed by atoms with van der Waals surface area (Å²) < 4.78 is 0.962. The molecule has 0 atom stereocenters. The predicted molar refractivity (Wildman–Crippen MR) is 92.3 cm³/mol. The van der Waals surface area contributed by atoms with E-state index in [1.54, 1.807) is 13.8 Å². The highest BCUT2D eigenvalue weighted by atomic mass is 35.5. The zero-order valence-electron chi connectivity index (χ0n) is 13.5. The SMILES string of the molecule is CC(C)Nc1nc(Cl)c(-c2cccc(C(=O)O)c2)n(CC(=O)O)c1=O. The summed E-state index contributed by atoms with van der Waals surface area (Å²) in [5, 5.41) is 21.0. The average molecular weight is 366 g/mol. The Balaban J connectivity index is 2.74. The van der Waals surface area contributed by atoms with E-state index in [1.165, 1.54) is 24.3 Å². The minimum atomic E-state index is -1.24. The van der Waals surface area contributed by atoms with Crippen molar-refractivity contribution in [1.82, 2.24) is 9.55 Å². The van der Waals surface area contributed by atoms with Gasteiger partial charge in [0.25, 0.3) is 5.56 Å². The Hall–Kier alpha value is -2.87. The van der Waals surface area contributed by atoms with E-state index >= 15 is 0 Å². The molecular weight excluding hydrogens is 350 g/mol. The highest BCUT2D eigenvalue weighted by Crippen LogP contribution is 2.27. The van der Waals surface area contributed by atoms with E-state index in [2.05, 4.69) is 10.3 Å². The number of aromatic carboxylic acids is 1. The molecule has 8 nitrogen and oxygen atoms in total. The first kappa shape index (κ1) is 18.5. The van der Waals surface area contributed by atoms with Crippen molar-refractivity contribution in [1.29, 1.82) is 0 Å². The molecule has 0 aliphatic rings. The lowest BCUT2D eigenvalue weighted by atomic mass is 10.1. The fourth-order valence-electron chi connectivity index (χ4n) is 2.27. The maximum atomic E-state index is 12.6. The van der Waals surface area contributed by atoms with Crippen molar-refractivity contribution in [2.24, 2.45) is 0 Å². The maximum absolute atomic E-state index is 12.6. The lowest BCUT2D eigenvalue weighted by Crippen LogP contribution is -2.31. The summed E-state index contributed by atoms with van der Waals surface area (Å²) in [4.78, 5) is 39.0. The second kappa shape index (κ2) is 7.35. The minimum absolute atomic E-state index is 0.0210. The van der Waals surface area contributed by atoms with Gasteiger partial charge in [-0.15, -0.1) is 0 Å². The van der Waals surface area contributed by atoms with Crippen molar-refractivity contribution >= 4 is 29.4 Å². The number of nitrogens with one attached hydrogen (secondary N) is 1. The molecule has 0 unspecified atom stereocenters. The molecule has 0 aliphatic carbocycles. The Morgan fingerprint density at radius 2 is 2.00 bits per heavy atom. The second-order valence-corrected chi connectivity index (χ2v) is 5.93. The van der Waals surface area contributed by atoms with E-state index in [-0.39, 0.29) is 33.8 Å². The number of hydrogen-bond acceptors (Lipinski definition) is 5. The molecule has 3 N–H and O–H groups in total. The van der Waals surface area contributed by atoms with E-state index in [1.807, 2.05) is 0 Å². The topological polar surface area (TPSA) is 122 Å². The lowest BCUT2D eigenvalue weighted by Gasteiger charge is -2.16. The molecule has 2 rings (SSSR count). The normalized spacial score (nSPS) is 10.7. The molecule has 1 heterocycles. The molecule has 0 saturated carbocycles. The zero-order chi connectivity index (χ0) is 18.7. The first-order valence-corrected chi connectivity index (χ1v) is 7.71. The molecule has 0 saturated heterocycles. The van der Waals surface area contributed by atoms with Gasteiger partial charge in [0.2, 0.25) is 0 Å². The standard InChI is InChI=1S/C16H16ClN3O5/c1-8(2)18-14-15(23)20(7-11(21)22)12(13(17)19-14)9-4-3-5-10(6-9)16(24)25/h3-6,8H,7H2,1-2H3,(H,18,19)(H,21,22)(H,24,25). The molecule has 9 heteroatoms. The van der Waals surface area contributed by atoms with Crippen molar-refractivity contribution in [2.75, 3.05) is 5.32 Å². The molecule has 25 heavy (non-hydrogen) atoms. The third-order valence-corrected chi connectivity index (χ3v) is 3.49. The number of hydrogen-bond donors (Lipinski definition) is 3. The lowest BCUT2D eigenvalue weighted by molar-refractivity contribution is -0.137. The van der Waals surface area contributed by atoms with Gasteiger partial charge >= 0.3 is 11.9 Å². The molecule has 1 aromatic heterocycles. The van der Waals surface area contributed by atoms with Crippen molar-refractivity contribution in [3.63, 3.8) is 0 Å². The van der Waals surface area contributed by atoms with E-state index < -0.39 is 24.0 Å². The van der Waals surface area contributed by atoms with E-state index in [9.17, 15) is 14.4 Å². The van der Waals surface area contributed by atoms with Gasteiger partial charge < -0.3 is 15.5 Å². The van der Waals surface area contributed by atoms with Crippen molar-refractivity contribution in [3.8, 4) is 11.3 Å². The molecule has 132 valence electrons. The predicted octanol–water partition coefficient (Wildman–Crippen LogP) is 2.17. The number of nitrogens with zero attached hydrogens (tertiary/aromatic N) is 2. The molecule has 0 aliphatic heterocycles. The summed E-state index contributed by atoms with van der Waals surface area (Å²) >= 11 is 6.19. The molecule has 1 aromatic carbocycles. The van der Waals surface area contributed by atoms with Crippen molar-refractivity contribution in [2.45, 2.75) is 26.4 Å². The molecule has 0 bridgehead atoms. The van der Waals surface area contributed by atoms with Gasteiger partial charge in [-0.05, 0) is 26.0 Å². The quantitative estimate of drug-likeness (QED) is 0.717. The monoisotopic (exact) mass is 365 g/mol. The first-order valence-electron chi connectivity index (χ1n) is 7.33. The highest BCUT2D eigenvalue weighted by molar-refractivity contribution is 6.32. The van der Waals surface area contributed by atoms with Crippen LogP contribution in [0.15, 0.2) is 29.1 Å². The number of halogens is 1.